The summed E-state index contributed by atoms with van der Waals surface area (Å²) in [5, 5.41) is 0. The minimum Gasteiger partial charge on any atom is -0.492 e. The number of hydrogen-bond acceptors (Lipinski definition) is 4. The number of aryl methyl sites for hydroxylation is 2. The van der Waals surface area contributed by atoms with Gasteiger partial charge in [0.05, 0.1) is 6.61 Å². The van der Waals surface area contributed by atoms with Crippen LogP contribution in [0.1, 0.15) is 38.3 Å². The van der Waals surface area contributed by atoms with Crippen LogP contribution in [0.15, 0.2) is 41.3 Å². The topological polar surface area (TPSA) is 75.7 Å². The number of nitrogens with zero attached hydrogens (tertiary/aromatic N) is 1. The molecule has 0 aliphatic carbocycles. The van der Waals surface area contributed by atoms with Gasteiger partial charge in [-0.1, -0.05) is 19.9 Å². The van der Waals surface area contributed by atoms with Gasteiger partial charge in [0, 0.05) is 24.3 Å². The highest BCUT2D eigenvalue weighted by molar-refractivity contribution is 7.92. The third kappa shape index (κ3) is 4.72. The van der Waals surface area contributed by atoms with E-state index in [9.17, 15) is 13.2 Å². The van der Waals surface area contributed by atoms with E-state index in [0.29, 0.717) is 43.3 Å². The standard InChI is InChI=1S/C22H28N2O4S/c1-5-28-20-10-6-16(4)12-21(20)29(26,27)23-18-8-9-19-17(13-18)7-11-22(25)24(19)14-15(2)3/h6,8-10,12-13,15,23H,5,7,11,14H2,1-4H3. The van der Waals surface area contributed by atoms with Gasteiger partial charge in [0.15, 0.2) is 0 Å². The number of carbonyl (C=O) groups excluding carboxylic acids is 1. The number of anilines is 2. The molecule has 0 spiro atoms. The van der Waals surface area contributed by atoms with Crippen molar-refractivity contribution in [2.45, 2.75) is 45.4 Å². The third-order valence-electron chi connectivity index (χ3n) is 4.77. The van der Waals surface area contributed by atoms with Gasteiger partial charge in [-0.15, -0.1) is 0 Å². The zero-order valence-corrected chi connectivity index (χ0v) is 18.2. The van der Waals surface area contributed by atoms with Crippen molar-refractivity contribution in [1.29, 1.82) is 0 Å². The van der Waals surface area contributed by atoms with E-state index in [1.54, 1.807) is 23.1 Å². The molecule has 0 saturated carbocycles. The predicted molar refractivity (Wildman–Crippen MR) is 115 cm³/mol. The summed E-state index contributed by atoms with van der Waals surface area (Å²) in [6, 6.07) is 10.5. The van der Waals surface area contributed by atoms with E-state index in [1.165, 1.54) is 0 Å². The average Bonchev–Trinajstić information content (AvgIpc) is 2.65. The summed E-state index contributed by atoms with van der Waals surface area (Å²) in [6.45, 7) is 8.83. The van der Waals surface area contributed by atoms with Crippen LogP contribution in [0.2, 0.25) is 0 Å². The van der Waals surface area contributed by atoms with E-state index >= 15 is 0 Å². The van der Waals surface area contributed by atoms with Gasteiger partial charge in [-0.2, -0.15) is 0 Å². The van der Waals surface area contributed by atoms with Crippen molar-refractivity contribution >= 4 is 27.3 Å². The summed E-state index contributed by atoms with van der Waals surface area (Å²) in [7, 11) is -3.81. The van der Waals surface area contributed by atoms with Crippen LogP contribution >= 0.6 is 0 Å². The number of carbonyl (C=O) groups is 1. The number of fused-ring (bicyclic) bond motifs is 1. The van der Waals surface area contributed by atoms with Crippen LogP contribution in [0.3, 0.4) is 0 Å². The normalized spacial score (nSPS) is 14.1. The molecule has 1 heterocycles. The minimum absolute atomic E-state index is 0.112. The van der Waals surface area contributed by atoms with E-state index in [2.05, 4.69) is 18.6 Å². The summed E-state index contributed by atoms with van der Waals surface area (Å²) in [4.78, 5) is 14.2. The van der Waals surface area contributed by atoms with Gasteiger partial charge in [-0.3, -0.25) is 9.52 Å². The number of ether oxygens (including phenoxy) is 1. The molecule has 1 aliphatic heterocycles. The first-order chi connectivity index (χ1) is 13.7. The molecule has 29 heavy (non-hydrogen) atoms. The van der Waals surface area contributed by atoms with Crippen LogP contribution in [0.25, 0.3) is 0 Å². The Labute approximate surface area is 172 Å². The van der Waals surface area contributed by atoms with Gasteiger partial charge >= 0.3 is 0 Å². The first kappa shape index (κ1) is 21.2. The molecule has 156 valence electrons. The second kappa shape index (κ2) is 8.45. The van der Waals surface area contributed by atoms with E-state index in [4.69, 9.17) is 4.74 Å². The molecule has 3 rings (SSSR count). The lowest BCUT2D eigenvalue weighted by Gasteiger charge is -2.31. The predicted octanol–water partition coefficient (Wildman–Crippen LogP) is 4.13. The van der Waals surface area contributed by atoms with Gasteiger partial charge in [-0.25, -0.2) is 8.42 Å². The van der Waals surface area contributed by atoms with Gasteiger partial charge < -0.3 is 9.64 Å². The second-order valence-electron chi connectivity index (χ2n) is 7.73. The molecule has 0 radical (unpaired) electrons. The maximum atomic E-state index is 13.0. The van der Waals surface area contributed by atoms with Crippen molar-refractivity contribution in [2.24, 2.45) is 5.92 Å². The fourth-order valence-corrected chi connectivity index (χ4v) is 4.78. The largest absolute Gasteiger partial charge is 0.492 e. The molecule has 0 bridgehead atoms. The molecule has 0 unspecified atom stereocenters. The van der Waals surface area contributed by atoms with E-state index in [0.717, 1.165) is 16.8 Å². The van der Waals surface area contributed by atoms with Crippen molar-refractivity contribution in [3.05, 3.63) is 47.5 Å². The van der Waals surface area contributed by atoms with Crippen molar-refractivity contribution in [1.82, 2.24) is 0 Å². The summed E-state index contributed by atoms with van der Waals surface area (Å²) in [5.74, 6) is 0.791. The molecule has 1 N–H and O–H groups in total. The smallest absolute Gasteiger partial charge is 0.265 e. The molecule has 0 saturated heterocycles. The maximum absolute atomic E-state index is 13.0. The molecule has 0 atom stereocenters. The molecule has 7 heteroatoms. The molecular weight excluding hydrogens is 388 g/mol. The summed E-state index contributed by atoms with van der Waals surface area (Å²) in [5.41, 5.74) is 3.15. The Bertz CT molecular complexity index is 1020. The highest BCUT2D eigenvalue weighted by Crippen LogP contribution is 2.33. The lowest BCUT2D eigenvalue weighted by atomic mass is 9.99. The fraction of sp³-hybridized carbons (Fsp3) is 0.409. The van der Waals surface area contributed by atoms with Crippen LogP contribution in [-0.4, -0.2) is 27.5 Å². The number of nitrogens with one attached hydrogen (secondary N) is 1. The van der Waals surface area contributed by atoms with E-state index in [-0.39, 0.29) is 10.8 Å². The first-order valence-corrected chi connectivity index (χ1v) is 11.4. The SMILES string of the molecule is CCOc1ccc(C)cc1S(=O)(=O)Nc1ccc2c(c1)CCC(=O)N2CC(C)C. The molecule has 0 fully saturated rings. The molecule has 1 aliphatic rings. The first-order valence-electron chi connectivity index (χ1n) is 9.91. The second-order valence-corrected chi connectivity index (χ2v) is 9.38. The van der Waals surface area contributed by atoms with Gasteiger partial charge in [0.25, 0.3) is 10.0 Å². The van der Waals surface area contributed by atoms with Gasteiger partial charge in [0.1, 0.15) is 10.6 Å². The summed E-state index contributed by atoms with van der Waals surface area (Å²) in [6.07, 6.45) is 1.04. The highest BCUT2D eigenvalue weighted by Gasteiger charge is 2.26. The van der Waals surface area contributed by atoms with Crippen molar-refractivity contribution < 1.29 is 17.9 Å². The Morgan fingerprint density at radius 2 is 1.90 bits per heavy atom. The third-order valence-corrected chi connectivity index (χ3v) is 6.17. The van der Waals surface area contributed by atoms with Crippen LogP contribution in [-0.2, 0) is 21.2 Å². The van der Waals surface area contributed by atoms with Crippen LogP contribution in [0.4, 0.5) is 11.4 Å². The zero-order valence-electron chi connectivity index (χ0n) is 17.4. The van der Waals surface area contributed by atoms with E-state index < -0.39 is 10.0 Å². The Hall–Kier alpha value is -2.54. The molecule has 6 nitrogen and oxygen atoms in total. The Balaban J connectivity index is 1.92. The number of benzene rings is 2. The lowest BCUT2D eigenvalue weighted by molar-refractivity contribution is -0.119. The Kier molecular flexibility index (Phi) is 6.17. The summed E-state index contributed by atoms with van der Waals surface area (Å²) < 4.78 is 34.2. The minimum atomic E-state index is -3.81. The number of hydrogen-bond donors (Lipinski definition) is 1. The quantitative estimate of drug-likeness (QED) is 0.736. The van der Waals surface area contributed by atoms with Crippen LogP contribution in [0.5, 0.6) is 5.75 Å². The molecule has 1 amide bonds. The Morgan fingerprint density at radius 1 is 1.14 bits per heavy atom. The molecular formula is C22H28N2O4S. The van der Waals surface area contributed by atoms with Crippen molar-refractivity contribution in [3.63, 3.8) is 0 Å². The molecule has 2 aromatic rings. The number of amides is 1. The van der Waals surface area contributed by atoms with Crippen LogP contribution in [0, 0.1) is 12.8 Å². The average molecular weight is 417 g/mol. The monoisotopic (exact) mass is 416 g/mol. The lowest BCUT2D eigenvalue weighted by Crippen LogP contribution is -2.37. The highest BCUT2D eigenvalue weighted by atomic mass is 32.2. The Morgan fingerprint density at radius 3 is 2.59 bits per heavy atom. The van der Waals surface area contributed by atoms with Crippen LogP contribution < -0.4 is 14.4 Å². The molecule has 2 aromatic carbocycles. The maximum Gasteiger partial charge on any atom is 0.265 e. The van der Waals surface area contributed by atoms with Gasteiger partial charge in [-0.05, 0) is 67.6 Å². The number of sulfonamides is 1. The van der Waals surface area contributed by atoms with Gasteiger partial charge in [0.2, 0.25) is 5.91 Å². The summed E-state index contributed by atoms with van der Waals surface area (Å²) >= 11 is 0. The molecule has 0 aromatic heterocycles. The zero-order chi connectivity index (χ0) is 21.2. The van der Waals surface area contributed by atoms with E-state index in [1.807, 2.05) is 32.0 Å². The van der Waals surface area contributed by atoms with Crippen molar-refractivity contribution in [2.75, 3.05) is 22.8 Å². The fourth-order valence-electron chi connectivity index (χ4n) is 3.50. The van der Waals surface area contributed by atoms with Crippen molar-refractivity contribution in [3.8, 4) is 5.75 Å². The number of rotatable bonds is 7.